The second kappa shape index (κ2) is 2.70. The van der Waals surface area contributed by atoms with Crippen molar-refractivity contribution in [2.75, 3.05) is 0 Å². The highest BCUT2D eigenvalue weighted by Gasteiger charge is 2.28. The zero-order valence-corrected chi connectivity index (χ0v) is 7.11. The highest BCUT2D eigenvalue weighted by molar-refractivity contribution is 6.41. The lowest BCUT2D eigenvalue weighted by molar-refractivity contribution is -0.133. The molecule has 4 heteroatoms. The van der Waals surface area contributed by atoms with Crippen molar-refractivity contribution >= 4 is 23.4 Å². The van der Waals surface area contributed by atoms with Gasteiger partial charge < -0.3 is 9.52 Å². The molecule has 4 nitrogen and oxygen atoms in total. The van der Waals surface area contributed by atoms with Crippen LogP contribution in [-0.4, -0.2) is 16.9 Å². The maximum atomic E-state index is 11.4. The molecule has 14 heavy (non-hydrogen) atoms. The summed E-state index contributed by atoms with van der Waals surface area (Å²) in [6.45, 7) is 3.19. The van der Waals surface area contributed by atoms with Gasteiger partial charge in [-0.1, -0.05) is 6.58 Å². The molecule has 0 aromatic carbocycles. The summed E-state index contributed by atoms with van der Waals surface area (Å²) in [7, 11) is 0. The first kappa shape index (κ1) is 8.50. The van der Waals surface area contributed by atoms with E-state index in [1.165, 1.54) is 12.3 Å². The molecule has 0 bridgehead atoms. The van der Waals surface area contributed by atoms with Gasteiger partial charge in [-0.2, -0.15) is 0 Å². The van der Waals surface area contributed by atoms with E-state index in [0.29, 0.717) is 16.9 Å². The molecule has 0 unspecified atom stereocenters. The predicted molar refractivity (Wildman–Crippen MR) is 48.4 cm³/mol. The van der Waals surface area contributed by atoms with Crippen LogP contribution in [0, 0.1) is 0 Å². The van der Waals surface area contributed by atoms with Gasteiger partial charge in [-0.15, -0.1) is 0 Å². The number of hydrogen-bond acceptors (Lipinski definition) is 3. The number of ketones is 1. The largest absolute Gasteiger partial charge is 0.478 e. The SMILES string of the molecule is C=C(C(=O)O)C(=O)C1=Cc2occc21. The van der Waals surface area contributed by atoms with E-state index in [0.717, 1.165) is 0 Å². The maximum Gasteiger partial charge on any atom is 0.339 e. The molecule has 1 aromatic heterocycles. The van der Waals surface area contributed by atoms with Crippen LogP contribution in [0.25, 0.3) is 11.6 Å². The van der Waals surface area contributed by atoms with Crippen molar-refractivity contribution in [2.45, 2.75) is 0 Å². The van der Waals surface area contributed by atoms with Gasteiger partial charge in [-0.25, -0.2) is 4.79 Å². The van der Waals surface area contributed by atoms with E-state index in [-0.39, 0.29) is 0 Å². The highest BCUT2D eigenvalue weighted by Crippen LogP contribution is 2.34. The van der Waals surface area contributed by atoms with E-state index < -0.39 is 17.3 Å². The number of furan rings is 1. The van der Waals surface area contributed by atoms with Crippen LogP contribution in [0.5, 0.6) is 0 Å². The molecule has 0 amide bonds. The molecule has 1 aliphatic rings. The molecule has 1 heterocycles. The van der Waals surface area contributed by atoms with Crippen molar-refractivity contribution in [3.8, 4) is 0 Å². The van der Waals surface area contributed by atoms with Gasteiger partial charge in [0.1, 0.15) is 11.3 Å². The Kier molecular flexibility index (Phi) is 1.64. The Balaban J connectivity index is 2.25. The number of carboxylic acids is 1. The smallest absolute Gasteiger partial charge is 0.339 e. The molecular formula is C10H6O4. The van der Waals surface area contributed by atoms with Gasteiger partial charge in [0.2, 0.25) is 5.78 Å². The van der Waals surface area contributed by atoms with E-state index in [1.807, 2.05) is 0 Å². The monoisotopic (exact) mass is 190 g/mol. The summed E-state index contributed by atoms with van der Waals surface area (Å²) in [6.07, 6.45) is 2.96. The normalized spacial score (nSPS) is 12.4. The van der Waals surface area contributed by atoms with Crippen molar-refractivity contribution in [2.24, 2.45) is 0 Å². The van der Waals surface area contributed by atoms with Gasteiger partial charge in [0.25, 0.3) is 0 Å². The summed E-state index contributed by atoms with van der Waals surface area (Å²) in [5, 5.41) is 8.55. The third kappa shape index (κ3) is 1.01. The quantitative estimate of drug-likeness (QED) is 0.443. The molecular weight excluding hydrogens is 184 g/mol. The van der Waals surface area contributed by atoms with Crippen LogP contribution < -0.4 is 0 Å². The summed E-state index contributed by atoms with van der Waals surface area (Å²) in [5.74, 6) is -1.26. The van der Waals surface area contributed by atoms with Crippen molar-refractivity contribution < 1.29 is 19.1 Å². The molecule has 70 valence electrons. The molecule has 0 atom stereocenters. The van der Waals surface area contributed by atoms with Crippen molar-refractivity contribution in [1.29, 1.82) is 0 Å². The fraction of sp³-hybridized carbons (Fsp3) is 0. The molecule has 0 radical (unpaired) electrons. The van der Waals surface area contributed by atoms with E-state index in [2.05, 4.69) is 6.58 Å². The lowest BCUT2D eigenvalue weighted by Crippen LogP contribution is -2.15. The Hall–Kier alpha value is -2.10. The van der Waals surface area contributed by atoms with Gasteiger partial charge in [-0.05, 0) is 12.1 Å². The summed E-state index contributed by atoms with van der Waals surface area (Å²) in [6, 6.07) is 1.62. The van der Waals surface area contributed by atoms with Crippen molar-refractivity contribution in [1.82, 2.24) is 0 Å². The summed E-state index contributed by atoms with van der Waals surface area (Å²) >= 11 is 0. The first-order chi connectivity index (χ1) is 6.61. The minimum Gasteiger partial charge on any atom is -0.478 e. The van der Waals surface area contributed by atoms with Crippen molar-refractivity contribution in [3.05, 3.63) is 35.8 Å². The molecule has 1 aromatic rings. The van der Waals surface area contributed by atoms with Gasteiger partial charge >= 0.3 is 5.97 Å². The standard InChI is InChI=1S/C10H6O4/c1-5(10(12)13)9(11)7-4-8-6(7)2-3-14-8/h2-4H,1H2,(H,12,13). The number of Topliss-reactive ketones (excluding diaryl/α,β-unsaturated/α-hetero) is 1. The van der Waals surface area contributed by atoms with E-state index in [9.17, 15) is 9.59 Å². The number of rotatable bonds is 3. The number of carbonyl (C=O) groups excluding carboxylic acids is 1. The number of fused-ring (bicyclic) bond motifs is 1. The Bertz CT molecular complexity index is 476. The Morgan fingerprint density at radius 2 is 2.14 bits per heavy atom. The topological polar surface area (TPSA) is 67.5 Å². The van der Waals surface area contributed by atoms with Crippen LogP contribution in [-0.2, 0) is 9.59 Å². The number of carboxylic acid groups (broad SMARTS) is 1. The minimum atomic E-state index is -1.30. The van der Waals surface area contributed by atoms with Crippen LogP contribution in [0.15, 0.2) is 28.9 Å². The minimum absolute atomic E-state index is 0.348. The summed E-state index contributed by atoms with van der Waals surface area (Å²) < 4.78 is 4.97. The third-order valence-corrected chi connectivity index (χ3v) is 2.04. The molecule has 1 aliphatic carbocycles. The maximum absolute atomic E-state index is 11.4. The van der Waals surface area contributed by atoms with Crippen LogP contribution >= 0.6 is 0 Å². The fourth-order valence-corrected chi connectivity index (χ4v) is 1.23. The molecule has 0 saturated heterocycles. The zero-order chi connectivity index (χ0) is 10.3. The second-order valence-corrected chi connectivity index (χ2v) is 2.87. The van der Waals surface area contributed by atoms with Gasteiger partial charge in [0.15, 0.2) is 0 Å². The summed E-state index contributed by atoms with van der Waals surface area (Å²) in [4.78, 5) is 21.9. The van der Waals surface area contributed by atoms with Gasteiger partial charge in [0.05, 0.1) is 6.26 Å². The Morgan fingerprint density at radius 1 is 1.43 bits per heavy atom. The van der Waals surface area contributed by atoms with Crippen LogP contribution in [0.1, 0.15) is 11.3 Å². The van der Waals surface area contributed by atoms with Crippen LogP contribution in [0.4, 0.5) is 0 Å². The van der Waals surface area contributed by atoms with Gasteiger partial charge in [0, 0.05) is 11.1 Å². The van der Waals surface area contributed by atoms with Crippen LogP contribution in [0.2, 0.25) is 0 Å². The van der Waals surface area contributed by atoms with E-state index in [1.54, 1.807) is 6.07 Å². The molecule has 1 N–H and O–H groups in total. The number of carbonyl (C=O) groups is 2. The Morgan fingerprint density at radius 3 is 2.71 bits per heavy atom. The number of allylic oxidation sites excluding steroid dienone is 1. The first-order valence-electron chi connectivity index (χ1n) is 3.87. The van der Waals surface area contributed by atoms with Crippen molar-refractivity contribution in [3.63, 3.8) is 0 Å². The molecule has 0 aliphatic heterocycles. The second-order valence-electron chi connectivity index (χ2n) is 2.87. The molecule has 0 fully saturated rings. The summed E-state index contributed by atoms with van der Waals surface area (Å²) in [5.41, 5.74) is 0.571. The lowest BCUT2D eigenvalue weighted by atomic mass is 9.89. The predicted octanol–water partition coefficient (Wildman–Crippen LogP) is 1.34. The zero-order valence-electron chi connectivity index (χ0n) is 7.11. The molecule has 0 spiro atoms. The average Bonchev–Trinajstić information content (AvgIpc) is 2.46. The third-order valence-electron chi connectivity index (χ3n) is 2.04. The number of hydrogen-bond donors (Lipinski definition) is 1. The van der Waals surface area contributed by atoms with E-state index >= 15 is 0 Å². The molecule has 2 rings (SSSR count). The number of aliphatic carboxylic acids is 1. The van der Waals surface area contributed by atoms with Gasteiger partial charge in [-0.3, -0.25) is 4.79 Å². The van der Waals surface area contributed by atoms with E-state index in [4.69, 9.17) is 9.52 Å². The lowest BCUT2D eigenvalue weighted by Gasteiger charge is -2.12. The molecule has 0 saturated carbocycles. The Labute approximate surface area is 79.1 Å². The van der Waals surface area contributed by atoms with Crippen LogP contribution in [0.3, 0.4) is 0 Å². The average molecular weight is 190 g/mol. The fourth-order valence-electron chi connectivity index (χ4n) is 1.23. The highest BCUT2D eigenvalue weighted by atomic mass is 16.4. The first-order valence-corrected chi connectivity index (χ1v) is 3.87.